The van der Waals surface area contributed by atoms with Crippen molar-refractivity contribution in [2.45, 2.75) is 65.0 Å². The Kier molecular flexibility index (Phi) is 6.13. The lowest BCUT2D eigenvalue weighted by Crippen LogP contribution is -2.49. The number of carbonyl (C=O) groups excluding carboxylic acids is 1. The summed E-state index contributed by atoms with van der Waals surface area (Å²) in [7, 11) is 3.69. The normalized spacial score (nSPS) is 20.1. The van der Waals surface area contributed by atoms with Gasteiger partial charge in [-0.15, -0.1) is 0 Å². The number of nitrogens with zero attached hydrogens (tertiary/aromatic N) is 1. The van der Waals surface area contributed by atoms with Crippen molar-refractivity contribution in [2.24, 2.45) is 11.8 Å². The molecule has 1 N–H and O–H groups in total. The van der Waals surface area contributed by atoms with Gasteiger partial charge < -0.3 is 10.2 Å². The summed E-state index contributed by atoms with van der Waals surface area (Å²) in [6.45, 7) is 6.60. The van der Waals surface area contributed by atoms with E-state index in [1.54, 1.807) is 4.90 Å². The molecule has 0 radical (unpaired) electrons. The van der Waals surface area contributed by atoms with Gasteiger partial charge in [0, 0.05) is 20.1 Å². The van der Waals surface area contributed by atoms with E-state index in [0.717, 1.165) is 12.3 Å². The summed E-state index contributed by atoms with van der Waals surface area (Å²) < 4.78 is 0. The lowest BCUT2D eigenvalue weighted by atomic mass is 9.96. The highest BCUT2D eigenvalue weighted by Gasteiger charge is 2.27. The van der Waals surface area contributed by atoms with Gasteiger partial charge in [0.2, 0.25) is 5.91 Å². The van der Waals surface area contributed by atoms with Crippen molar-refractivity contribution >= 4 is 5.91 Å². The van der Waals surface area contributed by atoms with Crippen LogP contribution in [0.3, 0.4) is 0 Å². The highest BCUT2D eigenvalue weighted by atomic mass is 16.2. The molecule has 0 aliphatic heterocycles. The molecule has 2 unspecified atom stereocenters. The zero-order valence-corrected chi connectivity index (χ0v) is 12.7. The second-order valence-electron chi connectivity index (χ2n) is 6.41. The maximum atomic E-state index is 12.2. The van der Waals surface area contributed by atoms with Gasteiger partial charge >= 0.3 is 0 Å². The van der Waals surface area contributed by atoms with E-state index in [0.29, 0.717) is 12.0 Å². The first-order chi connectivity index (χ1) is 8.41. The van der Waals surface area contributed by atoms with E-state index in [9.17, 15) is 4.79 Å². The zero-order chi connectivity index (χ0) is 13.7. The van der Waals surface area contributed by atoms with Crippen LogP contribution in [0.4, 0.5) is 0 Å². The van der Waals surface area contributed by atoms with E-state index < -0.39 is 0 Å². The topological polar surface area (TPSA) is 32.3 Å². The Morgan fingerprint density at radius 3 is 2.22 bits per heavy atom. The SMILES string of the molecule is CC(C)CC(NC(C)C1CCCC1)C(=O)N(C)C. The first kappa shape index (κ1) is 15.5. The highest BCUT2D eigenvalue weighted by molar-refractivity contribution is 5.81. The van der Waals surface area contributed by atoms with Crippen LogP contribution in [-0.2, 0) is 4.79 Å². The van der Waals surface area contributed by atoms with Crippen LogP contribution in [0.5, 0.6) is 0 Å². The average molecular weight is 254 g/mol. The third-order valence-electron chi connectivity index (χ3n) is 4.02. The minimum absolute atomic E-state index is 0.0180. The van der Waals surface area contributed by atoms with Crippen LogP contribution in [-0.4, -0.2) is 37.0 Å². The maximum Gasteiger partial charge on any atom is 0.239 e. The van der Waals surface area contributed by atoms with E-state index in [4.69, 9.17) is 0 Å². The van der Waals surface area contributed by atoms with Gasteiger partial charge in [-0.3, -0.25) is 4.79 Å². The largest absolute Gasteiger partial charge is 0.347 e. The van der Waals surface area contributed by atoms with Gasteiger partial charge in [0.15, 0.2) is 0 Å². The van der Waals surface area contributed by atoms with Crippen LogP contribution in [0.25, 0.3) is 0 Å². The lowest BCUT2D eigenvalue weighted by Gasteiger charge is -2.29. The predicted molar refractivity (Wildman–Crippen MR) is 76.5 cm³/mol. The fourth-order valence-electron chi connectivity index (χ4n) is 2.93. The molecule has 18 heavy (non-hydrogen) atoms. The Bertz CT molecular complexity index is 257. The van der Waals surface area contributed by atoms with Crippen molar-refractivity contribution < 1.29 is 4.79 Å². The van der Waals surface area contributed by atoms with Crippen molar-refractivity contribution in [2.75, 3.05) is 14.1 Å². The molecule has 3 nitrogen and oxygen atoms in total. The molecule has 0 aromatic carbocycles. The average Bonchev–Trinajstić information content (AvgIpc) is 2.79. The fourth-order valence-corrected chi connectivity index (χ4v) is 2.93. The molecule has 1 saturated carbocycles. The van der Waals surface area contributed by atoms with Gasteiger partial charge in [-0.2, -0.15) is 0 Å². The molecule has 1 amide bonds. The lowest BCUT2D eigenvalue weighted by molar-refractivity contribution is -0.131. The summed E-state index contributed by atoms with van der Waals surface area (Å²) in [4.78, 5) is 13.9. The van der Waals surface area contributed by atoms with E-state index in [1.807, 2.05) is 14.1 Å². The number of rotatable bonds is 6. The molecule has 2 atom stereocenters. The minimum atomic E-state index is -0.0180. The Balaban J connectivity index is 2.56. The summed E-state index contributed by atoms with van der Waals surface area (Å²) in [6.07, 6.45) is 6.27. The molecule has 1 aliphatic carbocycles. The summed E-state index contributed by atoms with van der Waals surface area (Å²) in [6, 6.07) is 0.441. The molecular formula is C15H30N2O. The first-order valence-electron chi connectivity index (χ1n) is 7.39. The highest BCUT2D eigenvalue weighted by Crippen LogP contribution is 2.28. The van der Waals surface area contributed by atoms with Crippen molar-refractivity contribution in [3.05, 3.63) is 0 Å². The Morgan fingerprint density at radius 2 is 1.78 bits per heavy atom. The molecule has 1 rings (SSSR count). The van der Waals surface area contributed by atoms with E-state index in [2.05, 4.69) is 26.1 Å². The Morgan fingerprint density at radius 1 is 1.22 bits per heavy atom. The number of hydrogen-bond acceptors (Lipinski definition) is 2. The smallest absolute Gasteiger partial charge is 0.239 e. The van der Waals surface area contributed by atoms with E-state index in [-0.39, 0.29) is 11.9 Å². The molecule has 0 aromatic rings. The van der Waals surface area contributed by atoms with Crippen molar-refractivity contribution in [1.82, 2.24) is 10.2 Å². The van der Waals surface area contributed by atoms with Gasteiger partial charge in [0.05, 0.1) is 6.04 Å². The molecule has 0 spiro atoms. The van der Waals surface area contributed by atoms with Crippen molar-refractivity contribution in [3.63, 3.8) is 0 Å². The van der Waals surface area contributed by atoms with Gasteiger partial charge in [-0.05, 0) is 38.0 Å². The molecule has 0 bridgehead atoms. The number of nitrogens with one attached hydrogen (secondary N) is 1. The second kappa shape index (κ2) is 7.13. The summed E-state index contributed by atoms with van der Waals surface area (Å²) in [5.41, 5.74) is 0. The van der Waals surface area contributed by atoms with Crippen LogP contribution in [0.1, 0.15) is 52.9 Å². The Labute approximate surface area is 112 Å². The number of carbonyl (C=O) groups is 1. The Hall–Kier alpha value is -0.570. The molecule has 1 aliphatic rings. The maximum absolute atomic E-state index is 12.2. The monoisotopic (exact) mass is 254 g/mol. The number of hydrogen-bond donors (Lipinski definition) is 1. The molecule has 3 heteroatoms. The van der Waals surface area contributed by atoms with Crippen LogP contribution in [0.15, 0.2) is 0 Å². The summed E-state index contributed by atoms with van der Waals surface area (Å²) >= 11 is 0. The van der Waals surface area contributed by atoms with Crippen LogP contribution in [0.2, 0.25) is 0 Å². The second-order valence-corrected chi connectivity index (χ2v) is 6.41. The summed E-state index contributed by atoms with van der Waals surface area (Å²) in [5, 5.41) is 3.58. The number of amides is 1. The third-order valence-corrected chi connectivity index (χ3v) is 4.02. The van der Waals surface area contributed by atoms with Gasteiger partial charge in [0.1, 0.15) is 0 Å². The van der Waals surface area contributed by atoms with E-state index >= 15 is 0 Å². The van der Waals surface area contributed by atoms with Gasteiger partial charge in [-0.1, -0.05) is 26.7 Å². The quantitative estimate of drug-likeness (QED) is 0.790. The van der Waals surface area contributed by atoms with Gasteiger partial charge in [-0.25, -0.2) is 0 Å². The predicted octanol–water partition coefficient (Wildman–Crippen LogP) is 2.66. The molecular weight excluding hydrogens is 224 g/mol. The van der Waals surface area contributed by atoms with E-state index in [1.165, 1.54) is 25.7 Å². The fraction of sp³-hybridized carbons (Fsp3) is 0.933. The molecule has 0 heterocycles. The van der Waals surface area contributed by atoms with Crippen LogP contribution < -0.4 is 5.32 Å². The standard InChI is InChI=1S/C15H30N2O/c1-11(2)10-14(15(18)17(4)5)16-12(3)13-8-6-7-9-13/h11-14,16H,6-10H2,1-5H3. The first-order valence-corrected chi connectivity index (χ1v) is 7.39. The minimum Gasteiger partial charge on any atom is -0.347 e. The molecule has 106 valence electrons. The van der Waals surface area contributed by atoms with Gasteiger partial charge in [0.25, 0.3) is 0 Å². The molecule has 0 aromatic heterocycles. The molecule has 1 fully saturated rings. The van der Waals surface area contributed by atoms with Crippen molar-refractivity contribution in [1.29, 1.82) is 0 Å². The zero-order valence-electron chi connectivity index (χ0n) is 12.7. The van der Waals surface area contributed by atoms with Crippen LogP contribution in [0, 0.1) is 11.8 Å². The van der Waals surface area contributed by atoms with Crippen LogP contribution >= 0.6 is 0 Å². The third kappa shape index (κ3) is 4.60. The molecule has 0 saturated heterocycles. The number of likely N-dealkylation sites (N-methyl/N-ethyl adjacent to an activating group) is 1. The summed E-state index contributed by atoms with van der Waals surface area (Å²) in [5.74, 6) is 1.52. The van der Waals surface area contributed by atoms with Crippen molar-refractivity contribution in [3.8, 4) is 0 Å².